The molecule has 88 valence electrons. The molecule has 0 fully saturated rings. The highest BCUT2D eigenvalue weighted by molar-refractivity contribution is 5.71. The zero-order chi connectivity index (χ0) is 12.1. The molecule has 0 heterocycles. The second kappa shape index (κ2) is 5.53. The Morgan fingerprint density at radius 2 is 2.00 bits per heavy atom. The third-order valence-electron chi connectivity index (χ3n) is 1.33. The number of alkyl halides is 1. The van der Waals surface area contributed by atoms with Crippen molar-refractivity contribution in [3.05, 3.63) is 0 Å². The number of halogens is 1. The molecule has 1 amide bonds. The lowest BCUT2D eigenvalue weighted by Gasteiger charge is -2.21. The molecule has 15 heavy (non-hydrogen) atoms. The first-order valence-electron chi connectivity index (χ1n) is 4.52. The normalized spacial score (nSPS) is 13.1. The highest BCUT2D eigenvalue weighted by atomic mass is 19.1. The fraction of sp³-hybridized carbons (Fsp3) is 0.778. The Hall–Kier alpha value is -1.33. The van der Waals surface area contributed by atoms with Gasteiger partial charge >= 0.3 is 12.1 Å². The fourth-order valence-electron chi connectivity index (χ4n) is 0.829. The minimum absolute atomic E-state index is 0.463. The summed E-state index contributed by atoms with van der Waals surface area (Å²) in [7, 11) is 0. The van der Waals surface area contributed by atoms with Crippen LogP contribution in [0.4, 0.5) is 9.18 Å². The van der Waals surface area contributed by atoms with Gasteiger partial charge in [-0.3, -0.25) is 4.79 Å². The van der Waals surface area contributed by atoms with Crippen molar-refractivity contribution in [3.8, 4) is 0 Å². The van der Waals surface area contributed by atoms with Crippen molar-refractivity contribution in [2.45, 2.75) is 38.8 Å². The Morgan fingerprint density at radius 3 is 2.33 bits per heavy atom. The van der Waals surface area contributed by atoms with E-state index in [1.807, 2.05) is 0 Å². The highest BCUT2D eigenvalue weighted by Gasteiger charge is 2.20. The summed E-state index contributed by atoms with van der Waals surface area (Å²) < 4.78 is 17.1. The van der Waals surface area contributed by atoms with E-state index in [4.69, 9.17) is 9.84 Å². The van der Waals surface area contributed by atoms with Gasteiger partial charge in [0.1, 0.15) is 12.3 Å². The van der Waals surface area contributed by atoms with Gasteiger partial charge in [-0.25, -0.2) is 9.18 Å². The molecule has 0 unspecified atom stereocenters. The zero-order valence-electron chi connectivity index (χ0n) is 9.04. The van der Waals surface area contributed by atoms with Crippen LogP contribution in [0.15, 0.2) is 0 Å². The second-order valence-corrected chi connectivity index (χ2v) is 4.10. The van der Waals surface area contributed by atoms with Crippen LogP contribution in [0.2, 0.25) is 0 Å². The summed E-state index contributed by atoms with van der Waals surface area (Å²) in [5.74, 6) is -1.17. The number of amides is 1. The van der Waals surface area contributed by atoms with Crippen molar-refractivity contribution in [1.29, 1.82) is 0 Å². The molecule has 0 spiro atoms. The molecule has 0 aliphatic rings. The second-order valence-electron chi connectivity index (χ2n) is 4.10. The monoisotopic (exact) mass is 221 g/mol. The Balaban J connectivity index is 4.07. The molecule has 0 aromatic carbocycles. The van der Waals surface area contributed by atoms with Gasteiger partial charge in [0.15, 0.2) is 0 Å². The molecule has 0 rings (SSSR count). The first-order chi connectivity index (χ1) is 6.74. The summed E-state index contributed by atoms with van der Waals surface area (Å²) >= 11 is 0. The molecule has 0 radical (unpaired) electrons. The summed E-state index contributed by atoms with van der Waals surface area (Å²) in [6.07, 6.45) is -1.28. The van der Waals surface area contributed by atoms with Crippen LogP contribution in [-0.4, -0.2) is 35.5 Å². The first kappa shape index (κ1) is 13.7. The van der Waals surface area contributed by atoms with Crippen LogP contribution in [0.5, 0.6) is 0 Å². The lowest BCUT2D eigenvalue weighted by atomic mass is 10.2. The van der Waals surface area contributed by atoms with E-state index in [0.717, 1.165) is 0 Å². The Labute approximate surface area is 87.6 Å². The SMILES string of the molecule is CC(C)(C)OC(=O)N[C@@H](CF)CC(=O)O. The molecule has 2 N–H and O–H groups in total. The topological polar surface area (TPSA) is 75.6 Å². The van der Waals surface area contributed by atoms with Crippen molar-refractivity contribution in [2.24, 2.45) is 0 Å². The average molecular weight is 221 g/mol. The molecule has 5 nitrogen and oxygen atoms in total. The summed E-state index contributed by atoms with van der Waals surface area (Å²) in [6.45, 7) is 4.04. The molecule has 0 aliphatic carbocycles. The van der Waals surface area contributed by atoms with Crippen LogP contribution in [-0.2, 0) is 9.53 Å². The maximum atomic E-state index is 12.3. The number of carboxylic acid groups (broad SMARTS) is 1. The highest BCUT2D eigenvalue weighted by Crippen LogP contribution is 2.07. The fourth-order valence-corrected chi connectivity index (χ4v) is 0.829. The minimum atomic E-state index is -1.17. The molecule has 0 bridgehead atoms. The summed E-state index contributed by atoms with van der Waals surface area (Å²) in [5, 5.41) is 10.5. The predicted octanol–water partition coefficient (Wildman–Crippen LogP) is 1.32. The smallest absolute Gasteiger partial charge is 0.407 e. The first-order valence-corrected chi connectivity index (χ1v) is 4.52. The number of carboxylic acids is 1. The molecule has 6 heteroatoms. The van der Waals surface area contributed by atoms with Gasteiger partial charge in [0.05, 0.1) is 12.5 Å². The third kappa shape index (κ3) is 7.72. The van der Waals surface area contributed by atoms with Gasteiger partial charge in [-0.15, -0.1) is 0 Å². The number of rotatable bonds is 4. The van der Waals surface area contributed by atoms with E-state index in [1.165, 1.54) is 0 Å². The van der Waals surface area contributed by atoms with Crippen molar-refractivity contribution in [3.63, 3.8) is 0 Å². The van der Waals surface area contributed by atoms with E-state index in [2.05, 4.69) is 5.32 Å². The van der Waals surface area contributed by atoms with Gasteiger partial charge in [0.2, 0.25) is 0 Å². The molecule has 0 saturated carbocycles. The number of aliphatic carboxylic acids is 1. The van der Waals surface area contributed by atoms with Crippen molar-refractivity contribution >= 4 is 12.1 Å². The number of carbonyl (C=O) groups is 2. The molecular weight excluding hydrogens is 205 g/mol. The lowest BCUT2D eigenvalue weighted by molar-refractivity contribution is -0.137. The molecule has 0 saturated heterocycles. The molecule has 0 aromatic rings. The van der Waals surface area contributed by atoms with Gasteiger partial charge in [-0.05, 0) is 20.8 Å². The molecule has 1 atom stereocenters. The maximum absolute atomic E-state index is 12.3. The largest absolute Gasteiger partial charge is 0.481 e. The van der Waals surface area contributed by atoms with Crippen LogP contribution in [0.25, 0.3) is 0 Å². The van der Waals surface area contributed by atoms with Crippen molar-refractivity contribution < 1.29 is 23.8 Å². The third-order valence-corrected chi connectivity index (χ3v) is 1.33. The van der Waals surface area contributed by atoms with Crippen LogP contribution >= 0.6 is 0 Å². The van der Waals surface area contributed by atoms with Gasteiger partial charge in [0, 0.05) is 0 Å². The van der Waals surface area contributed by atoms with Crippen LogP contribution < -0.4 is 5.32 Å². The Morgan fingerprint density at radius 1 is 1.47 bits per heavy atom. The van der Waals surface area contributed by atoms with Crippen LogP contribution in [0.1, 0.15) is 27.2 Å². The van der Waals surface area contributed by atoms with Gasteiger partial charge in [0.25, 0.3) is 0 Å². The number of hydrogen-bond acceptors (Lipinski definition) is 3. The van der Waals surface area contributed by atoms with E-state index in [1.54, 1.807) is 20.8 Å². The number of carbonyl (C=O) groups excluding carboxylic acids is 1. The van der Waals surface area contributed by atoms with E-state index in [9.17, 15) is 14.0 Å². The van der Waals surface area contributed by atoms with Crippen molar-refractivity contribution in [1.82, 2.24) is 5.32 Å². The molecule has 0 aromatic heterocycles. The Bertz CT molecular complexity index is 237. The number of hydrogen-bond donors (Lipinski definition) is 2. The van der Waals surface area contributed by atoms with E-state index >= 15 is 0 Å². The molecule has 0 aliphatic heterocycles. The standard InChI is InChI=1S/C9H16FNO4/c1-9(2,3)15-8(14)11-6(5-10)4-7(12)13/h6H,4-5H2,1-3H3,(H,11,14)(H,12,13)/t6-/m1/s1. The van der Waals surface area contributed by atoms with E-state index < -0.39 is 36.8 Å². The number of ether oxygens (including phenoxy) is 1. The molecular formula is C9H16FNO4. The van der Waals surface area contributed by atoms with Crippen LogP contribution in [0.3, 0.4) is 0 Å². The summed E-state index contributed by atoms with van der Waals surface area (Å²) in [5.41, 5.74) is -0.686. The summed E-state index contributed by atoms with van der Waals surface area (Å²) in [6, 6.07) is -1.04. The number of nitrogens with one attached hydrogen (secondary N) is 1. The number of alkyl carbamates (subject to hydrolysis) is 1. The minimum Gasteiger partial charge on any atom is -0.481 e. The van der Waals surface area contributed by atoms with Crippen molar-refractivity contribution in [2.75, 3.05) is 6.67 Å². The van der Waals surface area contributed by atoms with Gasteiger partial charge < -0.3 is 15.2 Å². The zero-order valence-corrected chi connectivity index (χ0v) is 9.04. The van der Waals surface area contributed by atoms with Gasteiger partial charge in [-0.1, -0.05) is 0 Å². The van der Waals surface area contributed by atoms with E-state index in [0.29, 0.717) is 0 Å². The average Bonchev–Trinajstić information content (AvgIpc) is 1.98. The lowest BCUT2D eigenvalue weighted by Crippen LogP contribution is -2.41. The van der Waals surface area contributed by atoms with Gasteiger partial charge in [-0.2, -0.15) is 0 Å². The maximum Gasteiger partial charge on any atom is 0.407 e. The summed E-state index contributed by atoms with van der Waals surface area (Å²) in [4.78, 5) is 21.4. The van der Waals surface area contributed by atoms with Crippen LogP contribution in [0, 0.1) is 0 Å². The predicted molar refractivity (Wildman–Crippen MR) is 51.4 cm³/mol. The Kier molecular flexibility index (Phi) is 5.04. The quantitative estimate of drug-likeness (QED) is 0.750. The van der Waals surface area contributed by atoms with E-state index in [-0.39, 0.29) is 0 Å².